The largest absolute Gasteiger partial charge is 0.501 e. The Morgan fingerprint density at radius 3 is 2.82 bits per heavy atom. The van der Waals surface area contributed by atoms with E-state index in [1.165, 1.54) is 5.70 Å². The minimum Gasteiger partial charge on any atom is -0.501 e. The number of hydrogen-bond donors (Lipinski definition) is 1. The molecule has 2 N–H and O–H groups in total. The molecule has 5 nitrogen and oxygen atoms in total. The van der Waals surface area contributed by atoms with Crippen LogP contribution in [0.4, 0.5) is 0 Å². The first kappa shape index (κ1) is 12.1. The van der Waals surface area contributed by atoms with Crippen LogP contribution in [0.25, 0.3) is 0 Å². The molecule has 0 bridgehead atoms. The number of ether oxygens (including phenoxy) is 1. The van der Waals surface area contributed by atoms with Gasteiger partial charge in [-0.25, -0.2) is 4.84 Å². The summed E-state index contributed by atoms with van der Waals surface area (Å²) in [6, 6.07) is 0.384. The van der Waals surface area contributed by atoms with E-state index in [4.69, 9.17) is 9.57 Å². The number of methoxy groups -OCH3 is 1. The Balaban J connectivity index is 2.11. The smallest absolute Gasteiger partial charge is 0.139 e. The number of hydrogen-bond acceptors (Lipinski definition) is 4. The molecular formula is C12H20N3O2+. The first-order valence-electron chi connectivity index (χ1n) is 5.82. The van der Waals surface area contributed by atoms with E-state index >= 15 is 0 Å². The highest BCUT2D eigenvalue weighted by Gasteiger charge is 2.34. The third-order valence-electron chi connectivity index (χ3n) is 3.34. The molecule has 0 saturated heterocycles. The summed E-state index contributed by atoms with van der Waals surface area (Å²) in [6.45, 7) is 0. The minimum atomic E-state index is 0.346. The van der Waals surface area contributed by atoms with Gasteiger partial charge in [0, 0.05) is 38.1 Å². The highest BCUT2D eigenvalue weighted by Crippen LogP contribution is 2.31. The summed E-state index contributed by atoms with van der Waals surface area (Å²) in [5, 5.41) is 6.32. The molecule has 0 aromatic carbocycles. The zero-order valence-corrected chi connectivity index (χ0v) is 10.6. The molecule has 0 amide bonds. The molecule has 0 radical (unpaired) electrons. The lowest BCUT2D eigenvalue weighted by atomic mass is 9.88. The Labute approximate surface area is 102 Å². The van der Waals surface area contributed by atoms with E-state index in [1.807, 2.05) is 24.3 Å². The molecule has 17 heavy (non-hydrogen) atoms. The van der Waals surface area contributed by atoms with Crippen molar-refractivity contribution in [2.24, 2.45) is 11.0 Å². The van der Waals surface area contributed by atoms with E-state index < -0.39 is 0 Å². The van der Waals surface area contributed by atoms with E-state index in [-0.39, 0.29) is 0 Å². The number of allylic oxidation sites excluding steroid dienone is 3. The third-order valence-corrected chi connectivity index (χ3v) is 3.34. The summed E-state index contributed by atoms with van der Waals surface area (Å²) in [5.74, 6) is 1.37. The van der Waals surface area contributed by atoms with Crippen molar-refractivity contribution in [3.8, 4) is 0 Å². The molecule has 2 rings (SSSR count). The van der Waals surface area contributed by atoms with Crippen molar-refractivity contribution >= 4 is 6.21 Å². The second-order valence-electron chi connectivity index (χ2n) is 4.35. The van der Waals surface area contributed by atoms with Crippen molar-refractivity contribution in [1.29, 1.82) is 0 Å². The maximum atomic E-state index is 5.47. The van der Waals surface area contributed by atoms with Gasteiger partial charge >= 0.3 is 0 Å². The van der Waals surface area contributed by atoms with Gasteiger partial charge in [-0.1, -0.05) is 0 Å². The molecule has 0 aromatic heterocycles. The molecule has 0 spiro atoms. The lowest BCUT2D eigenvalue weighted by Crippen LogP contribution is -2.80. The lowest BCUT2D eigenvalue weighted by Gasteiger charge is -2.30. The van der Waals surface area contributed by atoms with Crippen molar-refractivity contribution < 1.29 is 15.1 Å². The molecule has 1 heterocycles. The summed E-state index contributed by atoms with van der Waals surface area (Å²) in [7, 11) is 5.42. The van der Waals surface area contributed by atoms with Gasteiger partial charge in [-0.15, -0.1) is 0 Å². The number of quaternary nitrogens is 1. The van der Waals surface area contributed by atoms with Crippen LogP contribution in [-0.4, -0.2) is 38.5 Å². The molecule has 2 aliphatic rings. The molecule has 1 aliphatic carbocycles. The van der Waals surface area contributed by atoms with Crippen molar-refractivity contribution in [3.05, 3.63) is 23.6 Å². The van der Waals surface area contributed by atoms with E-state index in [1.54, 1.807) is 19.7 Å². The Bertz CT molecular complexity index is 363. The maximum absolute atomic E-state index is 5.47. The number of hydroxylamine groups is 1. The molecule has 2 unspecified atom stereocenters. The highest BCUT2D eigenvalue weighted by atomic mass is 16.6. The predicted molar refractivity (Wildman–Crippen MR) is 64.9 cm³/mol. The van der Waals surface area contributed by atoms with Crippen molar-refractivity contribution in [1.82, 2.24) is 5.01 Å². The zero-order valence-electron chi connectivity index (χ0n) is 10.6. The SMILES string of the molecule is CO[NH2+]C1=CC=C(OC)C(C2CC=NN2C)C1. The normalized spacial score (nSPS) is 28.1. The Hall–Kier alpha value is -1.33. The highest BCUT2D eigenvalue weighted by molar-refractivity contribution is 5.60. The molecule has 2 atom stereocenters. The summed E-state index contributed by atoms with van der Waals surface area (Å²) in [5.41, 5.74) is 2.99. The molecule has 0 aromatic rings. The molecular weight excluding hydrogens is 218 g/mol. The van der Waals surface area contributed by atoms with Crippen LogP contribution < -0.4 is 5.48 Å². The molecule has 1 aliphatic heterocycles. The van der Waals surface area contributed by atoms with Gasteiger partial charge in [-0.05, 0) is 6.08 Å². The van der Waals surface area contributed by atoms with Crippen LogP contribution in [0.3, 0.4) is 0 Å². The molecule has 5 heteroatoms. The van der Waals surface area contributed by atoms with E-state index in [0.717, 1.165) is 18.6 Å². The minimum absolute atomic E-state index is 0.346. The Morgan fingerprint density at radius 1 is 1.41 bits per heavy atom. The topological polar surface area (TPSA) is 50.7 Å². The van der Waals surface area contributed by atoms with Crippen molar-refractivity contribution in [3.63, 3.8) is 0 Å². The first-order valence-corrected chi connectivity index (χ1v) is 5.82. The number of hydrazone groups is 1. The summed E-state index contributed by atoms with van der Waals surface area (Å²) in [4.78, 5) is 5.08. The van der Waals surface area contributed by atoms with E-state index in [9.17, 15) is 0 Å². The second kappa shape index (κ2) is 5.33. The zero-order chi connectivity index (χ0) is 12.3. The van der Waals surface area contributed by atoms with E-state index in [0.29, 0.717) is 12.0 Å². The first-order chi connectivity index (χ1) is 8.26. The van der Waals surface area contributed by atoms with Gasteiger partial charge in [-0.2, -0.15) is 10.6 Å². The number of rotatable bonds is 4. The summed E-state index contributed by atoms with van der Waals surface area (Å²) >= 11 is 0. The Morgan fingerprint density at radius 2 is 2.24 bits per heavy atom. The average molecular weight is 238 g/mol. The van der Waals surface area contributed by atoms with E-state index in [2.05, 4.69) is 11.2 Å². The van der Waals surface area contributed by atoms with Crippen LogP contribution in [0.5, 0.6) is 0 Å². The second-order valence-corrected chi connectivity index (χ2v) is 4.35. The molecule has 0 saturated carbocycles. The fourth-order valence-corrected chi connectivity index (χ4v) is 2.47. The van der Waals surface area contributed by atoms with Crippen LogP contribution in [0.1, 0.15) is 12.8 Å². The third kappa shape index (κ3) is 2.50. The van der Waals surface area contributed by atoms with Gasteiger partial charge < -0.3 is 4.74 Å². The molecule has 0 fully saturated rings. The van der Waals surface area contributed by atoms with Gasteiger partial charge in [-0.3, -0.25) is 5.01 Å². The van der Waals surface area contributed by atoms with Crippen molar-refractivity contribution in [2.75, 3.05) is 21.3 Å². The van der Waals surface area contributed by atoms with Crippen LogP contribution >= 0.6 is 0 Å². The quantitative estimate of drug-likeness (QED) is 0.714. The van der Waals surface area contributed by atoms with Gasteiger partial charge in [0.1, 0.15) is 11.5 Å². The number of nitrogens with zero attached hydrogens (tertiary/aromatic N) is 2. The van der Waals surface area contributed by atoms with Crippen LogP contribution in [0, 0.1) is 5.92 Å². The summed E-state index contributed by atoms with van der Waals surface area (Å²) in [6.07, 6.45) is 7.96. The maximum Gasteiger partial charge on any atom is 0.139 e. The van der Waals surface area contributed by atoms with Crippen LogP contribution in [-0.2, 0) is 9.57 Å². The monoisotopic (exact) mass is 238 g/mol. The van der Waals surface area contributed by atoms with Crippen molar-refractivity contribution in [2.45, 2.75) is 18.9 Å². The number of nitrogens with two attached hydrogens (primary N) is 1. The van der Waals surface area contributed by atoms with Gasteiger partial charge in [0.15, 0.2) is 0 Å². The fraction of sp³-hybridized carbons (Fsp3) is 0.583. The average Bonchev–Trinajstić information content (AvgIpc) is 2.76. The van der Waals surface area contributed by atoms with Gasteiger partial charge in [0.2, 0.25) is 0 Å². The van der Waals surface area contributed by atoms with Gasteiger partial charge in [0.05, 0.1) is 20.3 Å². The predicted octanol–water partition coefficient (Wildman–Crippen LogP) is 0.235. The lowest BCUT2D eigenvalue weighted by molar-refractivity contribution is -0.856. The standard InChI is InChI=1S/C12H19N3O2/c1-15-11(6-7-13-15)10-8-9(14-17-3)4-5-12(10)16-2/h4-5,7,10-11,14H,6,8H2,1-3H3/p+1. The van der Waals surface area contributed by atoms with Crippen LogP contribution in [0.15, 0.2) is 28.7 Å². The summed E-state index contributed by atoms with van der Waals surface area (Å²) < 4.78 is 5.47. The van der Waals surface area contributed by atoms with Gasteiger partial charge in [0.25, 0.3) is 0 Å². The molecule has 94 valence electrons. The Kier molecular flexibility index (Phi) is 3.81. The van der Waals surface area contributed by atoms with Crippen LogP contribution in [0.2, 0.25) is 0 Å². The fourth-order valence-electron chi connectivity index (χ4n) is 2.47.